The number of halogens is 1. The summed E-state index contributed by atoms with van der Waals surface area (Å²) in [5.74, 6) is 0.369. The van der Waals surface area contributed by atoms with Crippen molar-refractivity contribution < 1.29 is 14.6 Å². The van der Waals surface area contributed by atoms with Crippen LogP contribution in [0.3, 0.4) is 0 Å². The number of benzene rings is 1. The number of hydrogen-bond donors (Lipinski definition) is 1. The highest BCUT2D eigenvalue weighted by molar-refractivity contribution is 6.32. The molecule has 21 heavy (non-hydrogen) atoms. The van der Waals surface area contributed by atoms with Crippen LogP contribution in [0.1, 0.15) is 44.1 Å². The molecule has 0 heterocycles. The molecule has 1 fully saturated rings. The van der Waals surface area contributed by atoms with Gasteiger partial charge < -0.3 is 9.84 Å². The fraction of sp³-hybridized carbons (Fsp3) is 0.471. The smallest absolute Gasteiger partial charge is 0.330 e. The Balaban J connectivity index is 1.73. The molecule has 4 heteroatoms. The molecule has 1 saturated carbocycles. The summed E-state index contributed by atoms with van der Waals surface area (Å²) in [6, 6.07) is 4.83. The number of rotatable bonds is 5. The molecule has 3 nitrogen and oxygen atoms in total. The third-order valence-electron chi connectivity index (χ3n) is 3.88. The Morgan fingerprint density at radius 2 is 2.10 bits per heavy atom. The van der Waals surface area contributed by atoms with Crippen LogP contribution in [0.15, 0.2) is 24.3 Å². The van der Waals surface area contributed by atoms with Crippen molar-refractivity contribution in [2.24, 2.45) is 5.92 Å². The number of carbonyl (C=O) groups excluding carboxylic acids is 1. The molecule has 0 aromatic heterocycles. The van der Waals surface area contributed by atoms with E-state index in [0.29, 0.717) is 23.1 Å². The number of phenols is 1. The van der Waals surface area contributed by atoms with Crippen molar-refractivity contribution in [1.82, 2.24) is 0 Å². The van der Waals surface area contributed by atoms with Gasteiger partial charge in [0, 0.05) is 6.08 Å². The van der Waals surface area contributed by atoms with Gasteiger partial charge in [-0.1, -0.05) is 49.8 Å². The average Bonchev–Trinajstić information content (AvgIpc) is 2.49. The van der Waals surface area contributed by atoms with Gasteiger partial charge in [0.2, 0.25) is 0 Å². The maximum atomic E-state index is 11.6. The zero-order valence-electron chi connectivity index (χ0n) is 12.1. The summed E-state index contributed by atoms with van der Waals surface area (Å²) in [5.41, 5.74) is 0.709. The minimum atomic E-state index is -0.347. The largest absolute Gasteiger partial charge is 0.506 e. The van der Waals surface area contributed by atoms with E-state index in [-0.39, 0.29) is 11.7 Å². The minimum Gasteiger partial charge on any atom is -0.506 e. The average molecular weight is 309 g/mol. The summed E-state index contributed by atoms with van der Waals surface area (Å²) in [5, 5.41) is 9.76. The molecule has 0 radical (unpaired) electrons. The van der Waals surface area contributed by atoms with Gasteiger partial charge in [0.15, 0.2) is 0 Å². The van der Waals surface area contributed by atoms with Crippen molar-refractivity contribution in [1.29, 1.82) is 0 Å². The molecule has 1 aromatic rings. The fourth-order valence-electron chi connectivity index (χ4n) is 2.65. The Morgan fingerprint density at radius 1 is 1.33 bits per heavy atom. The molecule has 1 N–H and O–H groups in total. The fourth-order valence-corrected chi connectivity index (χ4v) is 2.77. The molecule has 1 aliphatic rings. The topological polar surface area (TPSA) is 46.5 Å². The van der Waals surface area contributed by atoms with Gasteiger partial charge in [-0.3, -0.25) is 0 Å². The van der Waals surface area contributed by atoms with E-state index in [1.54, 1.807) is 18.2 Å². The third kappa shape index (κ3) is 5.43. The first-order valence-corrected chi connectivity index (χ1v) is 7.86. The summed E-state index contributed by atoms with van der Waals surface area (Å²) >= 11 is 5.72. The standard InChI is InChI=1S/C17H21ClO3/c18-15-8-6-14(12-16(15)19)7-9-17(20)21-11-10-13-4-2-1-3-5-13/h6-9,12-13,19H,1-5,10-11H2. The van der Waals surface area contributed by atoms with E-state index in [1.807, 2.05) is 0 Å². The van der Waals surface area contributed by atoms with E-state index in [4.69, 9.17) is 16.3 Å². The Hall–Kier alpha value is -1.48. The maximum Gasteiger partial charge on any atom is 0.330 e. The molecular weight excluding hydrogens is 288 g/mol. The lowest BCUT2D eigenvalue weighted by Crippen LogP contribution is -2.11. The molecule has 0 aliphatic heterocycles. The lowest BCUT2D eigenvalue weighted by atomic mass is 9.87. The summed E-state index contributed by atoms with van der Waals surface area (Å²) in [4.78, 5) is 11.6. The number of phenolic OH excluding ortho intramolecular Hbond substituents is 1. The highest BCUT2D eigenvalue weighted by atomic mass is 35.5. The first kappa shape index (κ1) is 15.9. The molecule has 0 unspecified atom stereocenters. The van der Waals surface area contributed by atoms with Crippen LogP contribution in [-0.4, -0.2) is 17.7 Å². The molecule has 1 aromatic carbocycles. The summed E-state index contributed by atoms with van der Waals surface area (Å²) in [6.07, 6.45) is 10.4. The highest BCUT2D eigenvalue weighted by Gasteiger charge is 2.13. The lowest BCUT2D eigenvalue weighted by Gasteiger charge is -2.20. The number of ether oxygens (including phenoxy) is 1. The quantitative estimate of drug-likeness (QED) is 0.640. The van der Waals surface area contributed by atoms with E-state index in [0.717, 1.165) is 6.42 Å². The number of esters is 1. The van der Waals surface area contributed by atoms with Crippen LogP contribution in [0.2, 0.25) is 5.02 Å². The maximum absolute atomic E-state index is 11.6. The van der Waals surface area contributed by atoms with Crippen LogP contribution >= 0.6 is 11.6 Å². The Bertz CT molecular complexity index is 505. The van der Waals surface area contributed by atoms with Gasteiger partial charge in [0.05, 0.1) is 11.6 Å². The second kappa shape index (κ2) is 8.08. The van der Waals surface area contributed by atoms with Crippen LogP contribution in [0.25, 0.3) is 6.08 Å². The SMILES string of the molecule is O=C(C=Cc1ccc(Cl)c(O)c1)OCCC1CCCCC1. The molecule has 2 rings (SSSR count). The van der Waals surface area contributed by atoms with Gasteiger partial charge >= 0.3 is 5.97 Å². The molecule has 114 valence electrons. The van der Waals surface area contributed by atoms with E-state index in [1.165, 1.54) is 44.2 Å². The highest BCUT2D eigenvalue weighted by Crippen LogP contribution is 2.26. The number of carbonyl (C=O) groups is 1. The zero-order chi connectivity index (χ0) is 15.1. The van der Waals surface area contributed by atoms with Gasteiger partial charge in [-0.2, -0.15) is 0 Å². The Morgan fingerprint density at radius 3 is 2.81 bits per heavy atom. The van der Waals surface area contributed by atoms with Crippen molar-refractivity contribution in [3.05, 3.63) is 34.9 Å². The van der Waals surface area contributed by atoms with Crippen molar-refractivity contribution in [3.8, 4) is 5.75 Å². The first-order valence-electron chi connectivity index (χ1n) is 7.48. The summed E-state index contributed by atoms with van der Waals surface area (Å²) in [7, 11) is 0. The van der Waals surface area contributed by atoms with Gasteiger partial charge in [-0.15, -0.1) is 0 Å². The van der Waals surface area contributed by atoms with Crippen molar-refractivity contribution in [2.75, 3.05) is 6.61 Å². The van der Waals surface area contributed by atoms with Gasteiger partial charge in [-0.25, -0.2) is 4.79 Å². The summed E-state index contributed by atoms with van der Waals surface area (Å²) in [6.45, 7) is 0.486. The zero-order valence-corrected chi connectivity index (χ0v) is 12.8. The van der Waals surface area contributed by atoms with Crippen LogP contribution in [0, 0.1) is 5.92 Å². The second-order valence-corrected chi connectivity index (χ2v) is 5.91. The van der Waals surface area contributed by atoms with E-state index < -0.39 is 0 Å². The molecule has 0 amide bonds. The second-order valence-electron chi connectivity index (χ2n) is 5.50. The van der Waals surface area contributed by atoms with Crippen molar-refractivity contribution >= 4 is 23.6 Å². The predicted octanol–water partition coefficient (Wildman–Crippen LogP) is 4.57. The van der Waals surface area contributed by atoms with Crippen LogP contribution < -0.4 is 0 Å². The normalized spacial score (nSPS) is 16.2. The molecule has 0 spiro atoms. The van der Waals surface area contributed by atoms with E-state index in [9.17, 15) is 9.90 Å². The molecule has 0 bridgehead atoms. The van der Waals surface area contributed by atoms with Gasteiger partial charge in [-0.05, 0) is 36.1 Å². The van der Waals surface area contributed by atoms with Gasteiger partial charge in [0.25, 0.3) is 0 Å². The minimum absolute atomic E-state index is 0.00415. The number of aromatic hydroxyl groups is 1. The van der Waals surface area contributed by atoms with E-state index in [2.05, 4.69) is 0 Å². The Labute approximate surface area is 130 Å². The summed E-state index contributed by atoms with van der Waals surface area (Å²) < 4.78 is 5.21. The Kier molecular flexibility index (Phi) is 6.12. The van der Waals surface area contributed by atoms with Crippen LogP contribution in [0.5, 0.6) is 5.75 Å². The van der Waals surface area contributed by atoms with Crippen LogP contribution in [0.4, 0.5) is 0 Å². The lowest BCUT2D eigenvalue weighted by molar-refractivity contribution is -0.138. The molecule has 0 saturated heterocycles. The van der Waals surface area contributed by atoms with Crippen LogP contribution in [-0.2, 0) is 9.53 Å². The van der Waals surface area contributed by atoms with Crippen molar-refractivity contribution in [2.45, 2.75) is 38.5 Å². The third-order valence-corrected chi connectivity index (χ3v) is 4.20. The van der Waals surface area contributed by atoms with E-state index >= 15 is 0 Å². The molecule has 0 atom stereocenters. The predicted molar refractivity (Wildman–Crippen MR) is 84.3 cm³/mol. The van der Waals surface area contributed by atoms with Gasteiger partial charge in [0.1, 0.15) is 5.75 Å². The number of hydrogen-bond acceptors (Lipinski definition) is 3. The monoisotopic (exact) mass is 308 g/mol. The molecule has 1 aliphatic carbocycles. The van der Waals surface area contributed by atoms with Crippen molar-refractivity contribution in [3.63, 3.8) is 0 Å². The first-order chi connectivity index (χ1) is 10.1. The molecular formula is C17H21ClO3.